The number of nitrogens with zero attached hydrogens (tertiary/aromatic N) is 3. The lowest BCUT2D eigenvalue weighted by Gasteiger charge is -2.30. The van der Waals surface area contributed by atoms with Gasteiger partial charge in [-0.2, -0.15) is 0 Å². The molecule has 2 N–H and O–H groups in total. The Balaban J connectivity index is 1.95. The summed E-state index contributed by atoms with van der Waals surface area (Å²) in [7, 11) is 0. The molecule has 1 fully saturated rings. The van der Waals surface area contributed by atoms with E-state index in [0.717, 1.165) is 43.7 Å². The number of nitrogen functional groups attached to an aromatic ring is 1. The van der Waals surface area contributed by atoms with Crippen molar-refractivity contribution in [1.29, 1.82) is 0 Å². The van der Waals surface area contributed by atoms with Gasteiger partial charge in [-0.25, -0.2) is 4.98 Å². The van der Waals surface area contributed by atoms with Gasteiger partial charge >= 0.3 is 0 Å². The Morgan fingerprint density at radius 2 is 2.04 bits per heavy atom. The van der Waals surface area contributed by atoms with E-state index in [1.165, 1.54) is 17.8 Å². The second kappa shape index (κ2) is 6.93. The van der Waals surface area contributed by atoms with Gasteiger partial charge in [0.05, 0.1) is 27.5 Å². The summed E-state index contributed by atoms with van der Waals surface area (Å²) in [4.78, 5) is 19.8. The fraction of sp³-hybridized carbons (Fsp3) is 0.368. The van der Waals surface area contributed by atoms with Gasteiger partial charge in [0.1, 0.15) is 0 Å². The predicted molar refractivity (Wildman–Crippen MR) is 110 cm³/mol. The number of anilines is 2. The number of aromatic nitrogens is 2. The number of nitrogens with two attached hydrogens (primary N) is 1. The van der Waals surface area contributed by atoms with Crippen LogP contribution < -0.4 is 16.1 Å². The van der Waals surface area contributed by atoms with Gasteiger partial charge in [-0.05, 0) is 38.3 Å². The molecule has 0 spiro atoms. The Labute approximate surface area is 161 Å². The molecular weight excluding hydrogens is 368 g/mol. The van der Waals surface area contributed by atoms with Crippen LogP contribution in [0.3, 0.4) is 0 Å². The number of fused-ring (bicyclic) bond motifs is 1. The Bertz CT molecular complexity index is 1020. The number of piperidine rings is 1. The van der Waals surface area contributed by atoms with Gasteiger partial charge in [-0.1, -0.05) is 11.6 Å². The van der Waals surface area contributed by atoms with E-state index < -0.39 is 0 Å². The summed E-state index contributed by atoms with van der Waals surface area (Å²) in [5.74, 6) is 0. The highest BCUT2D eigenvalue weighted by Crippen LogP contribution is 2.33. The van der Waals surface area contributed by atoms with Gasteiger partial charge in [0.25, 0.3) is 0 Å². The van der Waals surface area contributed by atoms with E-state index in [1.54, 1.807) is 0 Å². The zero-order valence-corrected chi connectivity index (χ0v) is 16.2. The first-order chi connectivity index (χ1) is 12.6. The Kier molecular flexibility index (Phi) is 4.63. The van der Waals surface area contributed by atoms with Gasteiger partial charge in [-0.15, -0.1) is 11.3 Å². The summed E-state index contributed by atoms with van der Waals surface area (Å²) < 4.78 is 2.05. The molecule has 3 heterocycles. The molecule has 136 valence electrons. The van der Waals surface area contributed by atoms with Gasteiger partial charge in [0, 0.05) is 36.6 Å². The van der Waals surface area contributed by atoms with Crippen molar-refractivity contribution in [3.63, 3.8) is 0 Å². The smallest absolute Gasteiger partial charge is 0.198 e. The van der Waals surface area contributed by atoms with Gasteiger partial charge in [-0.3, -0.25) is 4.79 Å². The highest BCUT2D eigenvalue weighted by molar-refractivity contribution is 7.13. The minimum atomic E-state index is -0.0232. The van der Waals surface area contributed by atoms with Crippen LogP contribution in [0.5, 0.6) is 0 Å². The minimum Gasteiger partial charge on any atom is -0.375 e. The molecular formula is C19H21ClN4OS. The van der Waals surface area contributed by atoms with Crippen LogP contribution in [0.25, 0.3) is 22.2 Å². The molecule has 1 saturated heterocycles. The Morgan fingerprint density at radius 3 is 2.69 bits per heavy atom. The summed E-state index contributed by atoms with van der Waals surface area (Å²) in [6.07, 6.45) is 5.42. The van der Waals surface area contributed by atoms with Crippen LogP contribution >= 0.6 is 22.9 Å². The van der Waals surface area contributed by atoms with Crippen molar-refractivity contribution in [3.05, 3.63) is 39.0 Å². The lowest BCUT2D eigenvalue weighted by molar-refractivity contribution is 0.578. The maximum absolute atomic E-state index is 13.2. The summed E-state index contributed by atoms with van der Waals surface area (Å²) >= 11 is 7.94. The van der Waals surface area contributed by atoms with Crippen molar-refractivity contribution in [2.75, 3.05) is 23.7 Å². The third-order valence-corrected chi connectivity index (χ3v) is 5.96. The predicted octanol–water partition coefficient (Wildman–Crippen LogP) is 4.37. The van der Waals surface area contributed by atoms with E-state index in [0.29, 0.717) is 26.8 Å². The molecule has 0 amide bonds. The van der Waals surface area contributed by atoms with Crippen molar-refractivity contribution < 1.29 is 0 Å². The second-order valence-electron chi connectivity index (χ2n) is 6.60. The molecule has 1 aliphatic rings. The number of aryl methyl sites for hydroxylation is 1. The van der Waals surface area contributed by atoms with E-state index in [1.807, 2.05) is 28.3 Å². The first-order valence-corrected chi connectivity index (χ1v) is 10.2. The number of pyridine rings is 1. The average Bonchev–Trinajstić information content (AvgIpc) is 3.08. The van der Waals surface area contributed by atoms with Crippen molar-refractivity contribution in [2.45, 2.75) is 32.7 Å². The molecule has 7 heteroatoms. The minimum absolute atomic E-state index is 0.0232. The van der Waals surface area contributed by atoms with Crippen molar-refractivity contribution in [1.82, 2.24) is 9.55 Å². The van der Waals surface area contributed by atoms with Crippen LogP contribution in [0.15, 0.2) is 28.5 Å². The number of benzene rings is 1. The molecule has 1 aromatic carbocycles. The fourth-order valence-electron chi connectivity index (χ4n) is 3.63. The van der Waals surface area contributed by atoms with Gasteiger partial charge in [0.2, 0.25) is 0 Å². The highest BCUT2D eigenvalue weighted by Gasteiger charge is 2.18. The largest absolute Gasteiger partial charge is 0.375 e. The highest BCUT2D eigenvalue weighted by atomic mass is 35.5. The molecule has 2 aromatic heterocycles. The first-order valence-electron chi connectivity index (χ1n) is 8.91. The maximum atomic E-state index is 13.2. The molecule has 0 unspecified atom stereocenters. The van der Waals surface area contributed by atoms with Gasteiger partial charge < -0.3 is 15.2 Å². The molecule has 26 heavy (non-hydrogen) atoms. The van der Waals surface area contributed by atoms with E-state index in [9.17, 15) is 4.79 Å². The number of rotatable bonds is 3. The number of hydrogen-bond donors (Lipinski definition) is 1. The number of thiazole rings is 1. The summed E-state index contributed by atoms with van der Waals surface area (Å²) in [5.41, 5.74) is 8.77. The molecule has 0 atom stereocenters. The van der Waals surface area contributed by atoms with Crippen LogP contribution in [-0.4, -0.2) is 22.6 Å². The van der Waals surface area contributed by atoms with Crippen LogP contribution in [0.1, 0.15) is 26.2 Å². The molecule has 1 aliphatic heterocycles. The first kappa shape index (κ1) is 17.4. The molecule has 0 bridgehead atoms. The summed E-state index contributed by atoms with van der Waals surface area (Å²) in [6.45, 7) is 4.75. The average molecular weight is 389 g/mol. The van der Waals surface area contributed by atoms with Crippen molar-refractivity contribution >= 4 is 44.7 Å². The van der Waals surface area contributed by atoms with Gasteiger partial charge in [0.15, 0.2) is 10.6 Å². The quantitative estimate of drug-likeness (QED) is 0.723. The molecule has 0 saturated carbocycles. The third-order valence-electron chi connectivity index (χ3n) is 4.98. The Morgan fingerprint density at radius 1 is 1.27 bits per heavy atom. The Hall–Kier alpha value is -2.05. The number of halogens is 1. The van der Waals surface area contributed by atoms with E-state index in [-0.39, 0.29) is 5.43 Å². The molecule has 4 rings (SSSR count). The summed E-state index contributed by atoms with van der Waals surface area (Å²) in [6, 6.07) is 3.88. The lowest BCUT2D eigenvalue weighted by atomic mass is 10.1. The van der Waals surface area contributed by atoms with E-state index >= 15 is 0 Å². The standard InChI is InChI=1S/C19H21ClN4OS/c1-2-23-10-13(15-11-26-19(21)22-15)18(25)12-8-17(14(20)9-16(12)23)24-6-4-3-5-7-24/h8-11H,2-7H2,1H3,(H2,21,22). The van der Waals surface area contributed by atoms with Crippen LogP contribution in [0.4, 0.5) is 10.8 Å². The maximum Gasteiger partial charge on any atom is 0.198 e. The third kappa shape index (κ3) is 2.97. The molecule has 5 nitrogen and oxygen atoms in total. The SMILES string of the molecule is CCn1cc(-c2csc(N)n2)c(=O)c2cc(N3CCCCC3)c(Cl)cc21. The van der Waals surface area contributed by atoms with Crippen molar-refractivity contribution in [2.24, 2.45) is 0 Å². The van der Waals surface area contributed by atoms with Crippen LogP contribution in [0.2, 0.25) is 5.02 Å². The molecule has 3 aromatic rings. The second-order valence-corrected chi connectivity index (χ2v) is 7.89. The van der Waals surface area contributed by atoms with E-state index in [2.05, 4.69) is 16.8 Å². The normalized spacial score (nSPS) is 14.9. The van der Waals surface area contributed by atoms with E-state index in [4.69, 9.17) is 17.3 Å². The monoisotopic (exact) mass is 388 g/mol. The molecule has 0 radical (unpaired) electrons. The van der Waals surface area contributed by atoms with Crippen LogP contribution in [0, 0.1) is 0 Å². The summed E-state index contributed by atoms with van der Waals surface area (Å²) in [5, 5.41) is 3.68. The number of hydrogen-bond acceptors (Lipinski definition) is 5. The lowest BCUT2D eigenvalue weighted by Crippen LogP contribution is -2.29. The fourth-order valence-corrected chi connectivity index (χ4v) is 4.47. The zero-order chi connectivity index (χ0) is 18.3. The van der Waals surface area contributed by atoms with Crippen molar-refractivity contribution in [3.8, 4) is 11.3 Å². The molecule has 0 aliphatic carbocycles. The zero-order valence-electron chi connectivity index (χ0n) is 14.7. The van der Waals surface area contributed by atoms with Crippen LogP contribution in [-0.2, 0) is 6.54 Å². The topological polar surface area (TPSA) is 64.2 Å².